The summed E-state index contributed by atoms with van der Waals surface area (Å²) < 4.78 is 11.1. The zero-order chi connectivity index (χ0) is 18.1. The maximum absolute atomic E-state index is 12.1. The maximum atomic E-state index is 12.1. The Labute approximate surface area is 151 Å². The molecular weight excluding hydrogens is 340 g/mol. The van der Waals surface area contributed by atoms with Crippen molar-refractivity contribution in [1.82, 2.24) is 15.2 Å². The van der Waals surface area contributed by atoms with Crippen molar-refractivity contribution in [2.45, 2.75) is 38.8 Å². The number of nitrogens with one attached hydrogen (secondary N) is 2. The molecule has 1 heterocycles. The van der Waals surface area contributed by atoms with Crippen LogP contribution in [0.4, 0.5) is 5.69 Å². The van der Waals surface area contributed by atoms with E-state index in [1.54, 1.807) is 18.2 Å². The van der Waals surface area contributed by atoms with Crippen LogP contribution in [0.15, 0.2) is 23.4 Å². The van der Waals surface area contributed by atoms with Crippen LogP contribution in [0.2, 0.25) is 0 Å². The lowest BCUT2D eigenvalue weighted by atomic mass is 10.2. The molecule has 0 aliphatic rings. The lowest BCUT2D eigenvalue weighted by Gasteiger charge is -2.12. The lowest BCUT2D eigenvalue weighted by molar-refractivity contribution is -0.113. The highest BCUT2D eigenvalue weighted by atomic mass is 32.2. The van der Waals surface area contributed by atoms with Crippen LogP contribution in [0, 0.1) is 0 Å². The Morgan fingerprint density at radius 3 is 2.68 bits per heavy atom. The average Bonchev–Trinajstić information content (AvgIpc) is 3.04. The topological polar surface area (TPSA) is 89.1 Å². The molecule has 2 rings (SSSR count). The summed E-state index contributed by atoms with van der Waals surface area (Å²) in [4.78, 5) is 16.5. The number of benzene rings is 1. The first-order chi connectivity index (χ1) is 12.2. The van der Waals surface area contributed by atoms with Crippen molar-refractivity contribution < 1.29 is 14.3 Å². The van der Waals surface area contributed by atoms with Crippen molar-refractivity contribution in [2.24, 2.45) is 0 Å². The quantitative estimate of drug-likeness (QED) is 0.629. The highest BCUT2D eigenvalue weighted by Gasteiger charge is 2.10. The molecule has 0 atom stereocenters. The predicted molar refractivity (Wildman–Crippen MR) is 98.5 cm³/mol. The van der Waals surface area contributed by atoms with Gasteiger partial charge in [0.15, 0.2) is 11.5 Å². The molecule has 136 valence electrons. The average molecular weight is 364 g/mol. The molecule has 25 heavy (non-hydrogen) atoms. The summed E-state index contributed by atoms with van der Waals surface area (Å²) in [6.45, 7) is 6.98. The monoisotopic (exact) mass is 364 g/mol. The number of anilines is 1. The summed E-state index contributed by atoms with van der Waals surface area (Å²) in [6.07, 6.45) is 1.85. The molecule has 0 bridgehead atoms. The van der Waals surface area contributed by atoms with Crippen molar-refractivity contribution in [1.29, 1.82) is 0 Å². The first-order valence-corrected chi connectivity index (χ1v) is 9.38. The minimum Gasteiger partial charge on any atom is -0.490 e. The Morgan fingerprint density at radius 2 is 1.96 bits per heavy atom. The van der Waals surface area contributed by atoms with Crippen molar-refractivity contribution >= 4 is 23.4 Å². The van der Waals surface area contributed by atoms with Crippen LogP contribution in [0.3, 0.4) is 0 Å². The van der Waals surface area contributed by atoms with Crippen LogP contribution in [0.5, 0.6) is 11.5 Å². The van der Waals surface area contributed by atoms with Gasteiger partial charge >= 0.3 is 0 Å². The standard InChI is InChI=1S/C17H24N4O3S/c1-4-7-15-19-17(21-20-15)25-11-16(22)18-12-8-9-13(23-5-2)14(10-12)24-6-3/h8-10H,4-7,11H2,1-3H3,(H,18,22)(H,19,20,21). The van der Waals surface area contributed by atoms with E-state index >= 15 is 0 Å². The SMILES string of the molecule is CCCc1nc(SCC(=O)Nc2ccc(OCC)c(OCC)c2)n[nH]1. The van der Waals surface area contributed by atoms with Crippen LogP contribution in [0.1, 0.15) is 33.0 Å². The molecule has 0 unspecified atom stereocenters. The minimum absolute atomic E-state index is 0.126. The second kappa shape index (κ2) is 9.93. The third-order valence-corrected chi connectivity index (χ3v) is 4.00. The van der Waals surface area contributed by atoms with Gasteiger partial charge in [-0.1, -0.05) is 18.7 Å². The van der Waals surface area contributed by atoms with Crippen LogP contribution in [0.25, 0.3) is 0 Å². The second-order valence-corrected chi connectivity index (χ2v) is 6.12. The Morgan fingerprint density at radius 1 is 1.20 bits per heavy atom. The van der Waals surface area contributed by atoms with Gasteiger partial charge in [-0.25, -0.2) is 4.98 Å². The number of ether oxygens (including phenoxy) is 2. The van der Waals surface area contributed by atoms with E-state index in [9.17, 15) is 4.79 Å². The molecule has 0 radical (unpaired) electrons. The molecule has 1 aromatic heterocycles. The largest absolute Gasteiger partial charge is 0.490 e. The van der Waals surface area contributed by atoms with Crippen LogP contribution >= 0.6 is 11.8 Å². The maximum Gasteiger partial charge on any atom is 0.234 e. The van der Waals surface area contributed by atoms with E-state index in [1.807, 2.05) is 13.8 Å². The molecule has 0 aliphatic carbocycles. The van der Waals surface area contributed by atoms with Gasteiger partial charge in [-0.3, -0.25) is 9.89 Å². The molecule has 8 heteroatoms. The first-order valence-electron chi connectivity index (χ1n) is 8.39. The Balaban J connectivity index is 1.91. The number of nitrogens with zero attached hydrogens (tertiary/aromatic N) is 2. The van der Waals surface area contributed by atoms with E-state index in [4.69, 9.17) is 9.47 Å². The van der Waals surface area contributed by atoms with E-state index < -0.39 is 0 Å². The smallest absolute Gasteiger partial charge is 0.234 e. The Kier molecular flexibility index (Phi) is 7.59. The third kappa shape index (κ3) is 5.97. The number of aromatic nitrogens is 3. The predicted octanol–water partition coefficient (Wildman–Crippen LogP) is 3.29. The number of amides is 1. The highest BCUT2D eigenvalue weighted by molar-refractivity contribution is 7.99. The van der Waals surface area contributed by atoms with Gasteiger partial charge in [0.05, 0.1) is 19.0 Å². The van der Waals surface area contributed by atoms with E-state index in [1.165, 1.54) is 11.8 Å². The van der Waals surface area contributed by atoms with Gasteiger partial charge in [0.1, 0.15) is 5.82 Å². The van der Waals surface area contributed by atoms with Gasteiger partial charge in [0.2, 0.25) is 11.1 Å². The van der Waals surface area contributed by atoms with Crippen molar-refractivity contribution in [3.63, 3.8) is 0 Å². The molecule has 0 fully saturated rings. The van der Waals surface area contributed by atoms with Gasteiger partial charge in [0, 0.05) is 18.2 Å². The number of carbonyl (C=O) groups is 1. The zero-order valence-electron chi connectivity index (χ0n) is 14.8. The summed E-state index contributed by atoms with van der Waals surface area (Å²) in [5.41, 5.74) is 0.666. The molecule has 2 N–H and O–H groups in total. The summed E-state index contributed by atoms with van der Waals surface area (Å²) in [5.74, 6) is 2.24. The Bertz CT molecular complexity index is 690. The number of hydrogen-bond acceptors (Lipinski definition) is 6. The number of rotatable bonds is 10. The Hall–Kier alpha value is -2.22. The normalized spacial score (nSPS) is 10.5. The van der Waals surface area contributed by atoms with E-state index in [2.05, 4.69) is 27.4 Å². The number of aromatic amines is 1. The van der Waals surface area contributed by atoms with Crippen LogP contribution in [-0.4, -0.2) is 40.1 Å². The zero-order valence-corrected chi connectivity index (χ0v) is 15.6. The second-order valence-electron chi connectivity index (χ2n) is 5.18. The fraction of sp³-hybridized carbons (Fsp3) is 0.471. The highest BCUT2D eigenvalue weighted by Crippen LogP contribution is 2.30. The van der Waals surface area contributed by atoms with Gasteiger partial charge in [-0.15, -0.1) is 5.10 Å². The molecule has 7 nitrogen and oxygen atoms in total. The number of thioether (sulfide) groups is 1. The molecule has 0 saturated carbocycles. The summed E-state index contributed by atoms with van der Waals surface area (Å²) in [6, 6.07) is 5.36. The number of H-pyrrole nitrogens is 1. The van der Waals surface area contributed by atoms with Crippen molar-refractivity contribution in [2.75, 3.05) is 24.3 Å². The van der Waals surface area contributed by atoms with E-state index in [0.717, 1.165) is 18.7 Å². The molecule has 0 aliphatic heterocycles. The molecule has 1 aromatic carbocycles. The van der Waals surface area contributed by atoms with Crippen LogP contribution in [-0.2, 0) is 11.2 Å². The summed E-state index contributed by atoms with van der Waals surface area (Å²) in [5, 5.41) is 10.4. The number of carbonyl (C=O) groups excluding carboxylic acids is 1. The lowest BCUT2D eigenvalue weighted by Crippen LogP contribution is -2.14. The molecule has 0 saturated heterocycles. The van der Waals surface area contributed by atoms with Crippen molar-refractivity contribution in [3.8, 4) is 11.5 Å². The van der Waals surface area contributed by atoms with Gasteiger partial charge < -0.3 is 14.8 Å². The van der Waals surface area contributed by atoms with Crippen molar-refractivity contribution in [3.05, 3.63) is 24.0 Å². The van der Waals surface area contributed by atoms with Gasteiger partial charge in [-0.05, 0) is 32.4 Å². The first kappa shape index (κ1) is 19.1. The molecule has 1 amide bonds. The fourth-order valence-corrected chi connectivity index (χ4v) is 2.76. The fourth-order valence-electron chi connectivity index (χ4n) is 2.15. The summed E-state index contributed by atoms with van der Waals surface area (Å²) >= 11 is 1.30. The molecule has 0 spiro atoms. The number of aryl methyl sites for hydroxylation is 1. The van der Waals surface area contributed by atoms with E-state index in [0.29, 0.717) is 35.6 Å². The molecular formula is C17H24N4O3S. The summed E-state index contributed by atoms with van der Waals surface area (Å²) in [7, 11) is 0. The van der Waals surface area contributed by atoms with Gasteiger partial charge in [-0.2, -0.15) is 0 Å². The van der Waals surface area contributed by atoms with E-state index in [-0.39, 0.29) is 11.7 Å². The third-order valence-electron chi connectivity index (χ3n) is 3.16. The number of hydrogen-bond donors (Lipinski definition) is 2. The van der Waals surface area contributed by atoms with Crippen LogP contribution < -0.4 is 14.8 Å². The minimum atomic E-state index is -0.126. The molecule has 2 aromatic rings. The van der Waals surface area contributed by atoms with Gasteiger partial charge in [0.25, 0.3) is 0 Å².